The van der Waals surface area contributed by atoms with Crippen LogP contribution in [-0.2, 0) is 16.1 Å². The van der Waals surface area contributed by atoms with Crippen molar-refractivity contribution in [2.45, 2.75) is 26.9 Å². The highest BCUT2D eigenvalue weighted by Crippen LogP contribution is 2.07. The smallest absolute Gasteiger partial charge is 0.309 e. The van der Waals surface area contributed by atoms with Gasteiger partial charge in [0.2, 0.25) is 0 Å². The van der Waals surface area contributed by atoms with Crippen LogP contribution >= 0.6 is 0 Å². The summed E-state index contributed by atoms with van der Waals surface area (Å²) in [4.78, 5) is 11.2. The second-order valence-electron chi connectivity index (χ2n) is 3.00. The molecule has 3 nitrogen and oxygen atoms in total. The highest BCUT2D eigenvalue weighted by Gasteiger charge is 2.12. The topological polar surface area (TPSA) is 39.4 Å². The molecule has 1 aromatic rings. The van der Waals surface area contributed by atoms with E-state index in [9.17, 15) is 4.79 Å². The van der Waals surface area contributed by atoms with Crippen LogP contribution in [0.25, 0.3) is 0 Å². The van der Waals surface area contributed by atoms with Crippen LogP contribution in [0.15, 0.2) is 22.8 Å². The van der Waals surface area contributed by atoms with Crippen LogP contribution in [0.3, 0.4) is 0 Å². The van der Waals surface area contributed by atoms with Gasteiger partial charge in [-0.2, -0.15) is 0 Å². The lowest BCUT2D eigenvalue weighted by Crippen LogP contribution is -2.13. The number of esters is 1. The second kappa shape index (κ2) is 4.70. The highest BCUT2D eigenvalue weighted by molar-refractivity contribution is 5.71. The zero-order valence-corrected chi connectivity index (χ0v) is 7.95. The Morgan fingerprint density at radius 1 is 1.69 bits per heavy atom. The molecule has 0 spiro atoms. The van der Waals surface area contributed by atoms with Crippen molar-refractivity contribution in [1.82, 2.24) is 0 Å². The minimum Gasteiger partial charge on any atom is -0.466 e. The highest BCUT2D eigenvalue weighted by atomic mass is 16.5. The van der Waals surface area contributed by atoms with E-state index in [-0.39, 0.29) is 18.5 Å². The summed E-state index contributed by atoms with van der Waals surface area (Å²) < 4.78 is 10.0. The molecule has 0 aliphatic heterocycles. The Balaban J connectivity index is 2.31. The number of furan rings is 1. The second-order valence-corrected chi connectivity index (χ2v) is 3.00. The van der Waals surface area contributed by atoms with Gasteiger partial charge in [-0.15, -0.1) is 0 Å². The van der Waals surface area contributed by atoms with E-state index < -0.39 is 0 Å². The summed E-state index contributed by atoms with van der Waals surface area (Å²) in [6.07, 6.45) is 2.36. The van der Waals surface area contributed by atoms with E-state index in [1.807, 2.05) is 13.8 Å². The summed E-state index contributed by atoms with van der Waals surface area (Å²) in [6, 6.07) is 3.55. The van der Waals surface area contributed by atoms with Crippen molar-refractivity contribution in [3.05, 3.63) is 24.2 Å². The first-order valence-corrected chi connectivity index (χ1v) is 4.43. The summed E-state index contributed by atoms with van der Waals surface area (Å²) in [7, 11) is 0. The summed E-state index contributed by atoms with van der Waals surface area (Å²) in [6.45, 7) is 4.04. The van der Waals surface area contributed by atoms with Gasteiger partial charge < -0.3 is 9.15 Å². The van der Waals surface area contributed by atoms with Gasteiger partial charge in [0, 0.05) is 0 Å². The Kier molecular flexibility index (Phi) is 3.55. The molecule has 1 atom stereocenters. The van der Waals surface area contributed by atoms with Gasteiger partial charge in [0.25, 0.3) is 0 Å². The van der Waals surface area contributed by atoms with E-state index in [4.69, 9.17) is 9.15 Å². The molecule has 1 rings (SSSR count). The average molecular weight is 182 g/mol. The fraction of sp³-hybridized carbons (Fsp3) is 0.500. The molecule has 0 radical (unpaired) electrons. The van der Waals surface area contributed by atoms with Gasteiger partial charge in [0.1, 0.15) is 12.4 Å². The van der Waals surface area contributed by atoms with Crippen LogP contribution in [0.4, 0.5) is 0 Å². The molecule has 0 N–H and O–H groups in total. The monoisotopic (exact) mass is 182 g/mol. The number of hydrogen-bond donors (Lipinski definition) is 0. The van der Waals surface area contributed by atoms with Crippen molar-refractivity contribution in [2.75, 3.05) is 0 Å². The Hall–Kier alpha value is -1.25. The maximum atomic E-state index is 11.2. The third kappa shape index (κ3) is 2.93. The Bertz CT molecular complexity index is 251. The molecule has 0 aliphatic carbocycles. The maximum Gasteiger partial charge on any atom is 0.309 e. The van der Waals surface area contributed by atoms with Crippen molar-refractivity contribution < 1.29 is 13.9 Å². The third-order valence-corrected chi connectivity index (χ3v) is 1.95. The van der Waals surface area contributed by atoms with Gasteiger partial charge in [-0.1, -0.05) is 13.8 Å². The molecule has 0 aromatic carbocycles. The van der Waals surface area contributed by atoms with Crippen molar-refractivity contribution in [3.8, 4) is 0 Å². The Morgan fingerprint density at radius 2 is 2.46 bits per heavy atom. The standard InChI is InChI=1S/C10H14O3/c1-3-8(2)10(11)13-7-9-5-4-6-12-9/h4-6,8H,3,7H2,1-2H3. The van der Waals surface area contributed by atoms with Crippen molar-refractivity contribution in [1.29, 1.82) is 0 Å². The summed E-state index contributed by atoms with van der Waals surface area (Å²) in [5.74, 6) is 0.477. The van der Waals surface area contributed by atoms with Crippen LogP contribution in [0.2, 0.25) is 0 Å². The molecule has 0 saturated heterocycles. The SMILES string of the molecule is CCC(C)C(=O)OCc1ccco1. The lowest BCUT2D eigenvalue weighted by molar-refractivity contribution is -0.149. The van der Waals surface area contributed by atoms with Gasteiger partial charge in [-0.25, -0.2) is 0 Å². The molecular formula is C10H14O3. The normalized spacial score (nSPS) is 12.5. The quantitative estimate of drug-likeness (QED) is 0.671. The summed E-state index contributed by atoms with van der Waals surface area (Å²) in [5.41, 5.74) is 0. The molecule has 0 aliphatic rings. The van der Waals surface area contributed by atoms with Crippen LogP contribution in [0.1, 0.15) is 26.0 Å². The fourth-order valence-electron chi connectivity index (χ4n) is 0.846. The van der Waals surface area contributed by atoms with Gasteiger partial charge in [0.05, 0.1) is 12.2 Å². The van der Waals surface area contributed by atoms with E-state index in [1.165, 1.54) is 0 Å². The molecule has 0 saturated carbocycles. The first-order valence-electron chi connectivity index (χ1n) is 4.43. The number of ether oxygens (including phenoxy) is 1. The zero-order chi connectivity index (χ0) is 9.68. The largest absolute Gasteiger partial charge is 0.466 e. The first kappa shape index (κ1) is 9.84. The number of rotatable bonds is 4. The molecule has 0 bridgehead atoms. The minimum atomic E-state index is -0.168. The van der Waals surface area contributed by atoms with Crippen molar-refractivity contribution in [3.63, 3.8) is 0 Å². The zero-order valence-electron chi connectivity index (χ0n) is 7.95. The summed E-state index contributed by atoms with van der Waals surface area (Å²) >= 11 is 0. The first-order chi connectivity index (χ1) is 6.24. The van der Waals surface area contributed by atoms with Crippen molar-refractivity contribution >= 4 is 5.97 Å². The Morgan fingerprint density at radius 3 is 3.00 bits per heavy atom. The molecular weight excluding hydrogens is 168 g/mol. The minimum absolute atomic E-state index is 0.0324. The van der Waals surface area contributed by atoms with Gasteiger partial charge >= 0.3 is 5.97 Å². The van der Waals surface area contributed by atoms with E-state index >= 15 is 0 Å². The predicted molar refractivity (Wildman–Crippen MR) is 48.0 cm³/mol. The van der Waals surface area contributed by atoms with Crippen LogP contribution < -0.4 is 0 Å². The lowest BCUT2D eigenvalue weighted by Gasteiger charge is -2.07. The van der Waals surface area contributed by atoms with Gasteiger partial charge in [0.15, 0.2) is 0 Å². The third-order valence-electron chi connectivity index (χ3n) is 1.95. The average Bonchev–Trinajstić information content (AvgIpc) is 2.65. The van der Waals surface area contributed by atoms with Crippen molar-refractivity contribution in [2.24, 2.45) is 5.92 Å². The molecule has 3 heteroatoms. The van der Waals surface area contributed by atoms with E-state index in [0.717, 1.165) is 6.42 Å². The molecule has 0 amide bonds. The predicted octanol–water partition coefficient (Wildman–Crippen LogP) is 2.37. The fourth-order valence-corrected chi connectivity index (χ4v) is 0.846. The molecule has 1 unspecified atom stereocenters. The van der Waals surface area contributed by atoms with Gasteiger partial charge in [-0.3, -0.25) is 4.79 Å². The van der Waals surface area contributed by atoms with E-state index in [1.54, 1.807) is 18.4 Å². The molecule has 0 fully saturated rings. The van der Waals surface area contributed by atoms with Gasteiger partial charge in [-0.05, 0) is 18.6 Å². The molecule has 1 aromatic heterocycles. The number of hydrogen-bond acceptors (Lipinski definition) is 3. The molecule has 1 heterocycles. The van der Waals surface area contributed by atoms with Crippen LogP contribution in [0.5, 0.6) is 0 Å². The van der Waals surface area contributed by atoms with Crippen LogP contribution in [0, 0.1) is 5.92 Å². The number of carbonyl (C=O) groups excluding carboxylic acids is 1. The maximum absolute atomic E-state index is 11.2. The number of carbonyl (C=O) groups is 1. The van der Waals surface area contributed by atoms with Crippen LogP contribution in [-0.4, -0.2) is 5.97 Å². The lowest BCUT2D eigenvalue weighted by atomic mass is 10.1. The molecule has 13 heavy (non-hydrogen) atoms. The Labute approximate surface area is 77.7 Å². The molecule has 72 valence electrons. The van der Waals surface area contributed by atoms with E-state index in [0.29, 0.717) is 5.76 Å². The van der Waals surface area contributed by atoms with E-state index in [2.05, 4.69) is 0 Å². The summed E-state index contributed by atoms with van der Waals surface area (Å²) in [5, 5.41) is 0.